The van der Waals surface area contributed by atoms with Crippen molar-refractivity contribution in [3.63, 3.8) is 0 Å². The number of carboxylic acids is 1. The highest BCUT2D eigenvalue weighted by atomic mass is 16.4. The van der Waals surface area contributed by atoms with Gasteiger partial charge in [-0.05, 0) is 64.8 Å². The summed E-state index contributed by atoms with van der Waals surface area (Å²) in [7, 11) is 0. The van der Waals surface area contributed by atoms with Crippen LogP contribution in [0, 0.1) is 12.8 Å². The predicted molar refractivity (Wildman–Crippen MR) is 138 cm³/mol. The molecule has 0 saturated carbocycles. The minimum absolute atomic E-state index is 0.142. The molecule has 7 nitrogen and oxygen atoms in total. The van der Waals surface area contributed by atoms with Crippen LogP contribution in [0.3, 0.4) is 0 Å². The van der Waals surface area contributed by atoms with Gasteiger partial charge in [0, 0.05) is 31.0 Å². The van der Waals surface area contributed by atoms with Gasteiger partial charge < -0.3 is 21.9 Å². The maximum Gasteiger partial charge on any atom is 0.335 e. The summed E-state index contributed by atoms with van der Waals surface area (Å²) in [4.78, 5) is 28.9. The monoisotopic (exact) mass is 474 g/mol. The second kappa shape index (κ2) is 11.7. The third kappa shape index (κ3) is 6.53. The smallest absolute Gasteiger partial charge is 0.335 e. The van der Waals surface area contributed by atoms with E-state index in [4.69, 9.17) is 21.6 Å². The van der Waals surface area contributed by atoms with Crippen LogP contribution in [0.4, 0.5) is 0 Å². The van der Waals surface area contributed by atoms with E-state index >= 15 is 0 Å². The molecule has 0 radical (unpaired) electrons. The van der Waals surface area contributed by atoms with Crippen molar-refractivity contribution in [1.29, 1.82) is 0 Å². The van der Waals surface area contributed by atoms with Crippen molar-refractivity contribution in [2.45, 2.75) is 53.2 Å². The van der Waals surface area contributed by atoms with Gasteiger partial charge in [-0.3, -0.25) is 9.78 Å². The molecule has 0 aliphatic heterocycles. The number of carbonyl (C=O) groups excluding carboxylic acids is 1. The Labute approximate surface area is 206 Å². The van der Waals surface area contributed by atoms with Gasteiger partial charge in [-0.1, -0.05) is 50.2 Å². The van der Waals surface area contributed by atoms with Crippen molar-refractivity contribution in [2.75, 3.05) is 0 Å². The molecule has 35 heavy (non-hydrogen) atoms. The second-order valence-electron chi connectivity index (χ2n) is 9.13. The number of aromatic carboxylic acids is 1. The van der Waals surface area contributed by atoms with Crippen molar-refractivity contribution < 1.29 is 14.7 Å². The van der Waals surface area contributed by atoms with Crippen LogP contribution in [-0.4, -0.2) is 22.0 Å². The van der Waals surface area contributed by atoms with E-state index in [1.54, 1.807) is 12.1 Å². The Morgan fingerprint density at radius 2 is 1.57 bits per heavy atom. The van der Waals surface area contributed by atoms with Crippen molar-refractivity contribution in [3.05, 3.63) is 87.7 Å². The number of nitrogens with one attached hydrogen (secondary N) is 1. The average molecular weight is 475 g/mol. The first-order chi connectivity index (χ1) is 16.7. The Morgan fingerprint density at radius 3 is 2.11 bits per heavy atom. The quantitative estimate of drug-likeness (QED) is 0.354. The summed E-state index contributed by atoms with van der Waals surface area (Å²) in [6, 6.07) is 14.5. The first-order valence-corrected chi connectivity index (χ1v) is 11.8. The summed E-state index contributed by atoms with van der Waals surface area (Å²) in [6.45, 7) is 7.33. The lowest BCUT2D eigenvalue weighted by atomic mass is 9.88. The fraction of sp³-hybridized carbons (Fsp3) is 0.321. The van der Waals surface area contributed by atoms with Gasteiger partial charge in [0.1, 0.15) is 0 Å². The normalized spacial score (nSPS) is 11.0. The maximum absolute atomic E-state index is 13.0. The lowest BCUT2D eigenvalue weighted by molar-refractivity contribution is -0.120. The number of aryl methyl sites for hydroxylation is 1. The average Bonchev–Trinajstić information content (AvgIpc) is 2.84. The Balaban J connectivity index is 1.93. The van der Waals surface area contributed by atoms with Crippen LogP contribution in [0.15, 0.2) is 48.5 Å². The largest absolute Gasteiger partial charge is 0.478 e. The molecule has 1 amide bonds. The zero-order valence-electron chi connectivity index (χ0n) is 20.6. The zero-order chi connectivity index (χ0) is 25.5. The minimum Gasteiger partial charge on any atom is -0.478 e. The lowest BCUT2D eigenvalue weighted by Crippen LogP contribution is -2.26. The highest BCUT2D eigenvalue weighted by Crippen LogP contribution is 2.33. The predicted octanol–water partition coefficient (Wildman–Crippen LogP) is 3.73. The molecule has 0 atom stereocenters. The molecular weight excluding hydrogens is 440 g/mol. The zero-order valence-corrected chi connectivity index (χ0v) is 20.6. The van der Waals surface area contributed by atoms with Gasteiger partial charge in [0.05, 0.1) is 12.0 Å². The van der Waals surface area contributed by atoms with Gasteiger partial charge in [0.2, 0.25) is 5.91 Å². The molecular formula is C28H34N4O3. The number of aromatic nitrogens is 1. The van der Waals surface area contributed by atoms with Crippen LogP contribution in [0.2, 0.25) is 0 Å². The van der Waals surface area contributed by atoms with E-state index in [-0.39, 0.29) is 17.9 Å². The number of carboxylic acid groups (broad SMARTS) is 1. The maximum atomic E-state index is 13.0. The number of nitrogens with two attached hydrogens (primary N) is 2. The molecule has 0 bridgehead atoms. The molecule has 0 fully saturated rings. The van der Waals surface area contributed by atoms with Gasteiger partial charge in [-0.2, -0.15) is 0 Å². The summed E-state index contributed by atoms with van der Waals surface area (Å²) in [5, 5.41) is 12.0. The molecule has 0 aliphatic rings. The van der Waals surface area contributed by atoms with Crippen molar-refractivity contribution in [1.82, 2.24) is 10.3 Å². The van der Waals surface area contributed by atoms with Crippen molar-refractivity contribution >= 4 is 11.9 Å². The highest BCUT2D eigenvalue weighted by Gasteiger charge is 2.21. The molecule has 7 heteroatoms. The van der Waals surface area contributed by atoms with Crippen LogP contribution in [0.25, 0.3) is 11.1 Å². The number of hydrogen-bond donors (Lipinski definition) is 4. The van der Waals surface area contributed by atoms with Gasteiger partial charge in [0.15, 0.2) is 0 Å². The lowest BCUT2D eigenvalue weighted by Gasteiger charge is -2.21. The third-order valence-corrected chi connectivity index (χ3v) is 6.00. The molecule has 0 saturated heterocycles. The van der Waals surface area contributed by atoms with Crippen LogP contribution >= 0.6 is 0 Å². The highest BCUT2D eigenvalue weighted by molar-refractivity contribution is 5.87. The number of carbonyl (C=O) groups is 2. The Bertz CT molecular complexity index is 1190. The topological polar surface area (TPSA) is 131 Å². The third-order valence-electron chi connectivity index (χ3n) is 6.00. The number of hydrogen-bond acceptors (Lipinski definition) is 5. The fourth-order valence-corrected chi connectivity index (χ4v) is 4.18. The Kier molecular flexibility index (Phi) is 8.73. The summed E-state index contributed by atoms with van der Waals surface area (Å²) in [5.41, 5.74) is 19.7. The molecule has 3 aromatic rings. The summed E-state index contributed by atoms with van der Waals surface area (Å²) in [5.74, 6) is -0.704. The molecule has 2 aromatic carbocycles. The van der Waals surface area contributed by atoms with Gasteiger partial charge in [-0.15, -0.1) is 0 Å². The van der Waals surface area contributed by atoms with E-state index in [2.05, 4.69) is 19.2 Å². The van der Waals surface area contributed by atoms with E-state index in [0.717, 1.165) is 51.2 Å². The molecule has 184 valence electrons. The number of pyridine rings is 1. The second-order valence-corrected chi connectivity index (χ2v) is 9.13. The number of rotatable bonds is 10. The summed E-state index contributed by atoms with van der Waals surface area (Å²) < 4.78 is 0. The number of nitrogens with zero attached hydrogens (tertiary/aromatic N) is 1. The number of amides is 1. The molecule has 1 heterocycles. The fourth-order valence-electron chi connectivity index (χ4n) is 4.18. The minimum atomic E-state index is -0.979. The summed E-state index contributed by atoms with van der Waals surface area (Å²) >= 11 is 0. The first-order valence-electron chi connectivity index (χ1n) is 11.8. The van der Waals surface area contributed by atoms with Crippen LogP contribution in [0.5, 0.6) is 0 Å². The van der Waals surface area contributed by atoms with Crippen LogP contribution in [0.1, 0.15) is 57.8 Å². The summed E-state index contributed by atoms with van der Waals surface area (Å²) in [6.07, 6.45) is 0.967. The van der Waals surface area contributed by atoms with Gasteiger partial charge in [-0.25, -0.2) is 4.79 Å². The van der Waals surface area contributed by atoms with E-state index in [9.17, 15) is 9.59 Å². The van der Waals surface area contributed by atoms with E-state index in [0.29, 0.717) is 25.6 Å². The standard InChI is InChI=1S/C28H34N4O3/c1-17(2)12-25-24(15-30)27(21-8-4-19(14-29)5-9-21)23(18(3)32-25)13-26(33)31-16-20-6-10-22(11-7-20)28(34)35/h4-11,17H,12-16,29-30H2,1-3H3,(H,31,33)(H,34,35). The van der Waals surface area contributed by atoms with Crippen molar-refractivity contribution in [2.24, 2.45) is 17.4 Å². The SMILES string of the molecule is Cc1nc(CC(C)C)c(CN)c(-c2ccc(CN)cc2)c1CC(=O)NCc1ccc(C(=O)O)cc1. The van der Waals surface area contributed by atoms with Gasteiger partial charge in [0.25, 0.3) is 0 Å². The Morgan fingerprint density at radius 1 is 0.943 bits per heavy atom. The van der Waals surface area contributed by atoms with E-state index in [1.165, 1.54) is 12.1 Å². The Hall–Kier alpha value is -3.55. The molecule has 3 rings (SSSR count). The van der Waals surface area contributed by atoms with Crippen molar-refractivity contribution in [3.8, 4) is 11.1 Å². The van der Waals surface area contributed by atoms with Gasteiger partial charge >= 0.3 is 5.97 Å². The molecule has 0 aliphatic carbocycles. The molecule has 0 unspecified atom stereocenters. The first kappa shape index (κ1) is 26.1. The van der Waals surface area contributed by atoms with Crippen LogP contribution < -0.4 is 16.8 Å². The molecule has 0 spiro atoms. The number of benzene rings is 2. The van der Waals surface area contributed by atoms with E-state index < -0.39 is 5.97 Å². The van der Waals surface area contributed by atoms with E-state index in [1.807, 2.05) is 31.2 Å². The molecule has 1 aromatic heterocycles. The van der Waals surface area contributed by atoms with Crippen LogP contribution in [-0.2, 0) is 37.3 Å². The molecule has 6 N–H and O–H groups in total.